The van der Waals surface area contributed by atoms with Crippen LogP contribution in [0, 0.1) is 0 Å². The Morgan fingerprint density at radius 3 is 2.32 bits per heavy atom. The summed E-state index contributed by atoms with van der Waals surface area (Å²) >= 11 is 0. The number of hydrogen-bond acceptors (Lipinski definition) is 6. The van der Waals surface area contributed by atoms with Crippen LogP contribution in [0.1, 0.15) is 11.1 Å². The largest absolute Gasteiger partial charge is 0.468 e. The third kappa shape index (κ3) is 10.2. The lowest BCUT2D eigenvalue weighted by Gasteiger charge is -2.24. The first kappa shape index (κ1) is 24.5. The fourth-order valence-electron chi connectivity index (χ4n) is 3.31. The zero-order chi connectivity index (χ0) is 22.3. The Morgan fingerprint density at radius 1 is 1.10 bits per heavy atom. The second kappa shape index (κ2) is 14.3. The number of amides is 1. The number of esters is 1. The average molecular weight is 427 g/mol. The maximum Gasteiger partial charge on any atom is 0.319 e. The Kier molecular flexibility index (Phi) is 11.3. The Balaban J connectivity index is 0.000000224. The van der Waals surface area contributed by atoms with Crippen LogP contribution < -0.4 is 21.3 Å². The molecular formula is C24H34N4O3. The molecule has 31 heavy (non-hydrogen) atoms. The molecule has 7 nitrogen and oxygen atoms in total. The van der Waals surface area contributed by atoms with Gasteiger partial charge in [0.2, 0.25) is 5.91 Å². The van der Waals surface area contributed by atoms with Gasteiger partial charge in [0.1, 0.15) is 0 Å². The summed E-state index contributed by atoms with van der Waals surface area (Å²) in [5, 5.41) is 12.4. The highest BCUT2D eigenvalue weighted by Gasteiger charge is 2.17. The Morgan fingerprint density at radius 2 is 1.74 bits per heavy atom. The van der Waals surface area contributed by atoms with Crippen molar-refractivity contribution < 1.29 is 14.3 Å². The number of hydrogen-bond donors (Lipinski definition) is 4. The summed E-state index contributed by atoms with van der Waals surface area (Å²) in [6.45, 7) is 2.30. The van der Waals surface area contributed by atoms with Crippen LogP contribution in [0.5, 0.6) is 0 Å². The molecule has 0 unspecified atom stereocenters. The zero-order valence-corrected chi connectivity index (χ0v) is 18.4. The van der Waals surface area contributed by atoms with E-state index < -0.39 is 0 Å². The lowest BCUT2D eigenvalue weighted by molar-refractivity contribution is -0.139. The fraction of sp³-hybridized carbons (Fsp3) is 0.417. The van der Waals surface area contributed by atoms with Gasteiger partial charge in [-0.3, -0.25) is 9.59 Å². The highest BCUT2D eigenvalue weighted by atomic mass is 16.5. The van der Waals surface area contributed by atoms with Crippen LogP contribution in [-0.4, -0.2) is 64.3 Å². The number of ether oxygens (including phenoxy) is 1. The molecule has 1 amide bonds. The van der Waals surface area contributed by atoms with Gasteiger partial charge in [0.25, 0.3) is 0 Å². The summed E-state index contributed by atoms with van der Waals surface area (Å²) in [4.78, 5) is 22.0. The van der Waals surface area contributed by atoms with E-state index in [2.05, 4.69) is 50.3 Å². The number of rotatable bonds is 9. The number of piperazine rings is 1. The van der Waals surface area contributed by atoms with Gasteiger partial charge in [-0.25, -0.2) is 0 Å². The average Bonchev–Trinajstić information content (AvgIpc) is 2.80. The van der Waals surface area contributed by atoms with E-state index in [0.29, 0.717) is 12.6 Å². The molecule has 1 fully saturated rings. The van der Waals surface area contributed by atoms with Crippen LogP contribution in [0.15, 0.2) is 60.7 Å². The van der Waals surface area contributed by atoms with Crippen molar-refractivity contribution in [2.24, 2.45) is 0 Å². The van der Waals surface area contributed by atoms with Gasteiger partial charge >= 0.3 is 5.97 Å². The lowest BCUT2D eigenvalue weighted by atomic mass is 10.0. The maximum absolute atomic E-state index is 11.1. The predicted octanol–water partition coefficient (Wildman–Crippen LogP) is 0.897. The third-order valence-electron chi connectivity index (χ3n) is 4.99. The lowest BCUT2D eigenvalue weighted by Crippen LogP contribution is -2.52. The van der Waals surface area contributed by atoms with Crippen LogP contribution >= 0.6 is 0 Å². The van der Waals surface area contributed by atoms with Crippen LogP contribution in [0.25, 0.3) is 0 Å². The van der Waals surface area contributed by atoms with Gasteiger partial charge in [-0.15, -0.1) is 0 Å². The van der Waals surface area contributed by atoms with E-state index in [1.54, 1.807) is 0 Å². The molecule has 0 aliphatic carbocycles. The highest BCUT2D eigenvalue weighted by molar-refractivity contribution is 5.79. The molecule has 2 aromatic rings. The SMILES string of the molecule is CN[C@H](CNCC(=O)OC)Cc1ccccc1.O=C1CNC[C@H](Cc2ccccc2)N1. The second-order valence-corrected chi connectivity index (χ2v) is 7.47. The fourth-order valence-corrected chi connectivity index (χ4v) is 3.31. The molecule has 168 valence electrons. The van der Waals surface area contributed by atoms with Crippen molar-refractivity contribution in [2.45, 2.75) is 24.9 Å². The minimum atomic E-state index is -0.237. The van der Waals surface area contributed by atoms with Crippen molar-refractivity contribution in [3.63, 3.8) is 0 Å². The van der Waals surface area contributed by atoms with Crippen molar-refractivity contribution in [1.29, 1.82) is 0 Å². The number of carbonyl (C=O) groups excluding carboxylic acids is 2. The quantitative estimate of drug-likeness (QED) is 0.446. The molecule has 1 heterocycles. The van der Waals surface area contributed by atoms with E-state index in [1.807, 2.05) is 43.4 Å². The Hall–Kier alpha value is -2.74. The summed E-state index contributed by atoms with van der Waals surface area (Å²) in [6.07, 6.45) is 1.84. The first-order valence-corrected chi connectivity index (χ1v) is 10.6. The van der Waals surface area contributed by atoms with Gasteiger partial charge in [0.05, 0.1) is 20.2 Å². The molecule has 0 spiro atoms. The van der Waals surface area contributed by atoms with Crippen molar-refractivity contribution in [3.05, 3.63) is 71.8 Å². The van der Waals surface area contributed by atoms with E-state index in [4.69, 9.17) is 0 Å². The molecule has 2 aromatic carbocycles. The topological polar surface area (TPSA) is 91.5 Å². The number of methoxy groups -OCH3 is 1. The van der Waals surface area contributed by atoms with Crippen LogP contribution in [0.2, 0.25) is 0 Å². The molecule has 1 saturated heterocycles. The van der Waals surface area contributed by atoms with Gasteiger partial charge in [-0.05, 0) is 31.0 Å². The van der Waals surface area contributed by atoms with Gasteiger partial charge in [0, 0.05) is 25.2 Å². The Labute approximate surface area is 185 Å². The third-order valence-corrected chi connectivity index (χ3v) is 4.99. The molecule has 0 bridgehead atoms. The molecule has 3 rings (SSSR count). The Bertz CT molecular complexity index is 771. The van der Waals surface area contributed by atoms with Crippen molar-refractivity contribution in [3.8, 4) is 0 Å². The zero-order valence-electron chi connectivity index (χ0n) is 18.4. The number of likely N-dealkylation sites (N-methyl/N-ethyl adjacent to an activating group) is 1. The molecule has 0 saturated carbocycles. The van der Waals surface area contributed by atoms with E-state index in [0.717, 1.165) is 25.9 Å². The number of carbonyl (C=O) groups is 2. The molecule has 1 aliphatic rings. The van der Waals surface area contributed by atoms with Gasteiger partial charge < -0.3 is 26.0 Å². The molecule has 7 heteroatoms. The highest BCUT2D eigenvalue weighted by Crippen LogP contribution is 2.04. The monoisotopic (exact) mass is 426 g/mol. The minimum absolute atomic E-state index is 0.0946. The minimum Gasteiger partial charge on any atom is -0.468 e. The number of benzene rings is 2. The van der Waals surface area contributed by atoms with Crippen LogP contribution in [-0.2, 0) is 27.2 Å². The molecular weight excluding hydrogens is 392 g/mol. The summed E-state index contributed by atoms with van der Waals surface area (Å²) in [7, 11) is 3.32. The summed E-state index contributed by atoms with van der Waals surface area (Å²) < 4.78 is 4.56. The normalized spacial score (nSPS) is 16.5. The molecule has 4 N–H and O–H groups in total. The van der Waals surface area contributed by atoms with E-state index >= 15 is 0 Å². The molecule has 0 radical (unpaired) electrons. The molecule has 0 aromatic heterocycles. The summed E-state index contributed by atoms with van der Waals surface area (Å²) in [6, 6.07) is 21.0. The summed E-state index contributed by atoms with van der Waals surface area (Å²) in [5.74, 6) is -0.142. The van der Waals surface area contributed by atoms with Crippen LogP contribution in [0.3, 0.4) is 0 Å². The van der Waals surface area contributed by atoms with Gasteiger partial charge in [0.15, 0.2) is 0 Å². The smallest absolute Gasteiger partial charge is 0.319 e. The van der Waals surface area contributed by atoms with Crippen molar-refractivity contribution in [2.75, 3.05) is 40.3 Å². The second-order valence-electron chi connectivity index (χ2n) is 7.47. The van der Waals surface area contributed by atoms with Gasteiger partial charge in [-0.2, -0.15) is 0 Å². The molecule has 1 aliphatic heterocycles. The first-order valence-electron chi connectivity index (χ1n) is 10.6. The predicted molar refractivity (Wildman–Crippen MR) is 123 cm³/mol. The summed E-state index contributed by atoms with van der Waals surface area (Å²) in [5.41, 5.74) is 2.55. The van der Waals surface area contributed by atoms with Gasteiger partial charge in [-0.1, -0.05) is 60.7 Å². The van der Waals surface area contributed by atoms with Crippen LogP contribution in [0.4, 0.5) is 0 Å². The maximum atomic E-state index is 11.1. The first-order chi connectivity index (χ1) is 15.1. The molecule has 2 atom stereocenters. The van der Waals surface area contributed by atoms with Crippen molar-refractivity contribution in [1.82, 2.24) is 21.3 Å². The van der Waals surface area contributed by atoms with E-state index in [1.165, 1.54) is 18.2 Å². The van der Waals surface area contributed by atoms with Crippen molar-refractivity contribution >= 4 is 11.9 Å². The van der Waals surface area contributed by atoms with E-state index in [9.17, 15) is 9.59 Å². The standard InChI is InChI=1S/C13H20N2O2.C11H14N2O/c1-14-12(9-15-10-13(16)17-2)8-11-6-4-3-5-7-11;14-11-8-12-7-10(13-11)6-9-4-2-1-3-5-9/h3-7,12,14-15H,8-10H2,1-2H3;1-5,10,12H,6-8H2,(H,13,14)/t12-;10-/m00/s1. The number of nitrogens with one attached hydrogen (secondary N) is 4. The van der Waals surface area contributed by atoms with E-state index in [-0.39, 0.29) is 24.5 Å².